The second kappa shape index (κ2) is 5.31. The van der Waals surface area contributed by atoms with Crippen molar-refractivity contribution in [3.8, 4) is 0 Å². The number of nitrogens with one attached hydrogen (secondary N) is 1. The second-order valence-corrected chi connectivity index (χ2v) is 6.12. The normalized spacial score (nSPS) is 26.6. The molecule has 0 saturated heterocycles. The lowest BCUT2D eigenvalue weighted by Gasteiger charge is -2.35. The van der Waals surface area contributed by atoms with Gasteiger partial charge in [0, 0.05) is 23.3 Å². The molecule has 0 aliphatic heterocycles. The maximum atomic E-state index is 6.04. The number of hydrogen-bond acceptors (Lipinski definition) is 3. The molecule has 3 atom stereocenters. The van der Waals surface area contributed by atoms with Gasteiger partial charge in [-0.15, -0.1) is 0 Å². The van der Waals surface area contributed by atoms with E-state index in [4.69, 9.17) is 5.73 Å². The first kappa shape index (κ1) is 13.2. The topological polar surface area (TPSA) is 50.9 Å². The van der Waals surface area contributed by atoms with Gasteiger partial charge in [-0.3, -0.25) is 4.98 Å². The molecule has 3 heteroatoms. The fourth-order valence-corrected chi connectivity index (χ4v) is 3.30. The van der Waals surface area contributed by atoms with E-state index >= 15 is 0 Å². The molecule has 20 heavy (non-hydrogen) atoms. The number of anilines is 2. The standard InChI is InChI=1S/C17H23N3/c1-11-5-3-7-15(12(11)2)20-16-9-8-14(18)13-6-4-10-19-17(13)16/h4,6,8-12,15,20H,3,5,7,18H2,1-2H3. The van der Waals surface area contributed by atoms with Gasteiger partial charge in [0.15, 0.2) is 0 Å². The zero-order valence-corrected chi connectivity index (χ0v) is 12.3. The summed E-state index contributed by atoms with van der Waals surface area (Å²) in [4.78, 5) is 4.51. The Morgan fingerprint density at radius 2 is 2.05 bits per heavy atom. The van der Waals surface area contributed by atoms with E-state index in [9.17, 15) is 0 Å². The third-order valence-electron chi connectivity index (χ3n) is 4.85. The van der Waals surface area contributed by atoms with E-state index in [0.29, 0.717) is 12.0 Å². The smallest absolute Gasteiger partial charge is 0.0953 e. The van der Waals surface area contributed by atoms with E-state index in [1.54, 1.807) is 0 Å². The average molecular weight is 269 g/mol. The molecule has 1 aliphatic rings. The summed E-state index contributed by atoms with van der Waals surface area (Å²) >= 11 is 0. The van der Waals surface area contributed by atoms with E-state index in [0.717, 1.165) is 28.2 Å². The number of nitrogen functional groups attached to an aromatic ring is 1. The largest absolute Gasteiger partial charge is 0.398 e. The molecule has 1 saturated carbocycles. The minimum atomic E-state index is 0.535. The summed E-state index contributed by atoms with van der Waals surface area (Å²) in [5, 5.41) is 4.75. The zero-order valence-electron chi connectivity index (χ0n) is 12.3. The van der Waals surface area contributed by atoms with Crippen LogP contribution in [0.2, 0.25) is 0 Å². The summed E-state index contributed by atoms with van der Waals surface area (Å²) in [7, 11) is 0. The van der Waals surface area contributed by atoms with Crippen LogP contribution in [0.15, 0.2) is 30.5 Å². The monoisotopic (exact) mass is 269 g/mol. The van der Waals surface area contributed by atoms with Crippen LogP contribution in [-0.2, 0) is 0 Å². The maximum absolute atomic E-state index is 6.04. The first-order valence-electron chi connectivity index (χ1n) is 7.56. The van der Waals surface area contributed by atoms with Crippen LogP contribution in [0.3, 0.4) is 0 Å². The molecule has 1 aromatic carbocycles. The van der Waals surface area contributed by atoms with Crippen molar-refractivity contribution >= 4 is 22.3 Å². The summed E-state index contributed by atoms with van der Waals surface area (Å²) in [5.74, 6) is 1.48. The number of nitrogens with two attached hydrogens (primary N) is 1. The van der Waals surface area contributed by atoms with Crippen molar-refractivity contribution in [2.45, 2.75) is 39.2 Å². The lowest BCUT2D eigenvalue weighted by atomic mass is 9.78. The van der Waals surface area contributed by atoms with Gasteiger partial charge < -0.3 is 11.1 Å². The van der Waals surface area contributed by atoms with Crippen LogP contribution in [-0.4, -0.2) is 11.0 Å². The van der Waals surface area contributed by atoms with Crippen molar-refractivity contribution in [3.63, 3.8) is 0 Å². The van der Waals surface area contributed by atoms with Gasteiger partial charge in [-0.1, -0.05) is 26.7 Å². The third kappa shape index (κ3) is 2.33. The minimum Gasteiger partial charge on any atom is -0.398 e. The Morgan fingerprint density at radius 3 is 2.90 bits per heavy atom. The van der Waals surface area contributed by atoms with Crippen LogP contribution in [0.25, 0.3) is 10.9 Å². The molecule has 0 bridgehead atoms. The minimum absolute atomic E-state index is 0.535. The summed E-state index contributed by atoms with van der Waals surface area (Å²) in [6.07, 6.45) is 5.73. The van der Waals surface area contributed by atoms with Crippen molar-refractivity contribution in [2.24, 2.45) is 11.8 Å². The van der Waals surface area contributed by atoms with Crippen LogP contribution in [0, 0.1) is 11.8 Å². The SMILES string of the molecule is CC1CCCC(Nc2ccc(N)c3cccnc23)C1C. The number of fused-ring (bicyclic) bond motifs is 1. The van der Waals surface area contributed by atoms with Crippen LogP contribution >= 0.6 is 0 Å². The summed E-state index contributed by atoms with van der Waals surface area (Å²) in [5.41, 5.74) is 8.93. The molecule has 0 spiro atoms. The summed E-state index contributed by atoms with van der Waals surface area (Å²) in [6, 6.07) is 8.55. The van der Waals surface area contributed by atoms with Crippen molar-refractivity contribution < 1.29 is 0 Å². The lowest BCUT2D eigenvalue weighted by molar-refractivity contribution is 0.253. The van der Waals surface area contributed by atoms with Gasteiger partial charge in [0.05, 0.1) is 11.2 Å². The molecule has 1 aromatic heterocycles. The van der Waals surface area contributed by atoms with Crippen molar-refractivity contribution in [1.82, 2.24) is 4.98 Å². The molecule has 3 unspecified atom stereocenters. The Morgan fingerprint density at radius 1 is 1.20 bits per heavy atom. The Kier molecular flexibility index (Phi) is 3.51. The van der Waals surface area contributed by atoms with Crippen LogP contribution in [0.4, 0.5) is 11.4 Å². The molecule has 3 rings (SSSR count). The Balaban J connectivity index is 1.93. The highest BCUT2D eigenvalue weighted by atomic mass is 14.9. The van der Waals surface area contributed by atoms with Gasteiger partial charge >= 0.3 is 0 Å². The highest BCUT2D eigenvalue weighted by Crippen LogP contribution is 2.34. The number of nitrogens with zero attached hydrogens (tertiary/aromatic N) is 1. The van der Waals surface area contributed by atoms with E-state index in [-0.39, 0.29) is 0 Å². The lowest BCUT2D eigenvalue weighted by Crippen LogP contribution is -2.35. The quantitative estimate of drug-likeness (QED) is 0.808. The molecule has 0 amide bonds. The van der Waals surface area contributed by atoms with E-state index < -0.39 is 0 Å². The molecule has 2 aromatic rings. The van der Waals surface area contributed by atoms with E-state index in [1.807, 2.05) is 24.4 Å². The summed E-state index contributed by atoms with van der Waals surface area (Å²) in [6.45, 7) is 4.71. The first-order chi connectivity index (χ1) is 9.66. The Labute approximate surface area is 120 Å². The van der Waals surface area contributed by atoms with Gasteiger partial charge in [-0.2, -0.15) is 0 Å². The van der Waals surface area contributed by atoms with Crippen molar-refractivity contribution in [2.75, 3.05) is 11.1 Å². The molecule has 106 valence electrons. The second-order valence-electron chi connectivity index (χ2n) is 6.12. The fourth-order valence-electron chi connectivity index (χ4n) is 3.30. The van der Waals surface area contributed by atoms with Crippen LogP contribution < -0.4 is 11.1 Å². The predicted molar refractivity (Wildman–Crippen MR) is 85.7 cm³/mol. The van der Waals surface area contributed by atoms with Gasteiger partial charge in [-0.05, 0) is 42.5 Å². The van der Waals surface area contributed by atoms with Gasteiger partial charge in [0.25, 0.3) is 0 Å². The Hall–Kier alpha value is -1.77. The Bertz CT molecular complexity index is 608. The van der Waals surface area contributed by atoms with Crippen molar-refractivity contribution in [1.29, 1.82) is 0 Å². The zero-order chi connectivity index (χ0) is 14.1. The van der Waals surface area contributed by atoms with E-state index in [2.05, 4.69) is 30.2 Å². The summed E-state index contributed by atoms with van der Waals surface area (Å²) < 4.78 is 0. The van der Waals surface area contributed by atoms with Gasteiger partial charge in [0.2, 0.25) is 0 Å². The van der Waals surface area contributed by atoms with Crippen LogP contribution in [0.5, 0.6) is 0 Å². The maximum Gasteiger partial charge on any atom is 0.0953 e. The highest BCUT2D eigenvalue weighted by molar-refractivity contribution is 5.98. The highest BCUT2D eigenvalue weighted by Gasteiger charge is 2.27. The fraction of sp³-hybridized carbons (Fsp3) is 0.471. The number of rotatable bonds is 2. The molecule has 3 nitrogen and oxygen atoms in total. The van der Waals surface area contributed by atoms with E-state index in [1.165, 1.54) is 19.3 Å². The molecule has 1 aliphatic carbocycles. The molecule has 1 heterocycles. The molecule has 3 N–H and O–H groups in total. The van der Waals surface area contributed by atoms with Crippen molar-refractivity contribution in [3.05, 3.63) is 30.5 Å². The number of pyridine rings is 1. The van der Waals surface area contributed by atoms with Crippen LogP contribution in [0.1, 0.15) is 33.1 Å². The first-order valence-corrected chi connectivity index (χ1v) is 7.56. The number of aromatic nitrogens is 1. The predicted octanol–water partition coefficient (Wildman–Crippen LogP) is 4.05. The third-order valence-corrected chi connectivity index (χ3v) is 4.85. The molecular formula is C17H23N3. The molecule has 0 radical (unpaired) electrons. The van der Waals surface area contributed by atoms with Gasteiger partial charge in [0.1, 0.15) is 0 Å². The van der Waals surface area contributed by atoms with Gasteiger partial charge in [-0.25, -0.2) is 0 Å². The molecule has 1 fully saturated rings. The number of hydrogen-bond donors (Lipinski definition) is 2. The number of benzene rings is 1. The molecular weight excluding hydrogens is 246 g/mol. The average Bonchev–Trinajstić information content (AvgIpc) is 2.47.